The van der Waals surface area contributed by atoms with E-state index in [1.807, 2.05) is 0 Å². The van der Waals surface area contributed by atoms with E-state index in [4.69, 9.17) is 9.47 Å². The van der Waals surface area contributed by atoms with E-state index in [2.05, 4.69) is 12.2 Å². The summed E-state index contributed by atoms with van der Waals surface area (Å²) in [6.07, 6.45) is 8.19. The lowest BCUT2D eigenvalue weighted by Gasteiger charge is -2.26. The molecule has 2 nitrogen and oxygen atoms in total. The van der Waals surface area contributed by atoms with Crippen LogP contribution in [0, 0.1) is 11.8 Å². The first-order valence-corrected chi connectivity index (χ1v) is 4.84. The highest BCUT2D eigenvalue weighted by molar-refractivity contribution is 5.09. The van der Waals surface area contributed by atoms with Crippen molar-refractivity contribution in [3.63, 3.8) is 0 Å². The first-order chi connectivity index (χ1) is 5.89. The van der Waals surface area contributed by atoms with Crippen LogP contribution in [0.15, 0.2) is 12.2 Å². The maximum Gasteiger partial charge on any atom is 0.174 e. The molecule has 0 aromatic carbocycles. The fraction of sp³-hybridized carbons (Fsp3) is 0.800. The molecule has 1 saturated heterocycles. The maximum atomic E-state index is 5.74. The van der Waals surface area contributed by atoms with Crippen LogP contribution in [0.1, 0.15) is 19.3 Å². The third-order valence-corrected chi connectivity index (χ3v) is 3.34. The van der Waals surface area contributed by atoms with Gasteiger partial charge in [-0.05, 0) is 18.8 Å². The Hall–Kier alpha value is -0.340. The van der Waals surface area contributed by atoms with E-state index < -0.39 is 0 Å². The molecule has 1 heterocycles. The van der Waals surface area contributed by atoms with Crippen molar-refractivity contribution in [2.45, 2.75) is 25.0 Å². The van der Waals surface area contributed by atoms with Gasteiger partial charge in [0.05, 0.1) is 13.2 Å². The van der Waals surface area contributed by atoms with E-state index in [0.717, 1.165) is 25.6 Å². The molecule has 3 rings (SSSR count). The standard InChI is InChI=1S/C10H14O2/c1-2-8-6-9(3-1)10(7-8)11-4-5-12-10/h1,3,8-9H,2,4-7H2. The molecular formula is C10H14O2. The molecule has 2 atom stereocenters. The van der Waals surface area contributed by atoms with E-state index in [-0.39, 0.29) is 5.79 Å². The molecular weight excluding hydrogens is 152 g/mol. The van der Waals surface area contributed by atoms with Gasteiger partial charge in [-0.25, -0.2) is 0 Å². The average Bonchev–Trinajstić information content (AvgIpc) is 2.62. The quantitative estimate of drug-likeness (QED) is 0.510. The minimum Gasteiger partial charge on any atom is -0.347 e. The minimum absolute atomic E-state index is 0.197. The minimum atomic E-state index is -0.197. The molecule has 66 valence electrons. The summed E-state index contributed by atoms with van der Waals surface area (Å²) < 4.78 is 11.5. The first kappa shape index (κ1) is 7.10. The summed E-state index contributed by atoms with van der Waals surface area (Å²) in [5.41, 5.74) is 0. The molecule has 2 aliphatic carbocycles. The molecule has 0 N–H and O–H groups in total. The number of allylic oxidation sites excluding steroid dienone is 1. The average molecular weight is 166 g/mol. The van der Waals surface area contributed by atoms with Crippen LogP contribution >= 0.6 is 0 Å². The van der Waals surface area contributed by atoms with Crippen molar-refractivity contribution in [1.29, 1.82) is 0 Å². The number of hydrogen-bond acceptors (Lipinski definition) is 2. The molecule has 0 amide bonds. The van der Waals surface area contributed by atoms with Crippen LogP contribution in [0.2, 0.25) is 0 Å². The molecule has 0 radical (unpaired) electrons. The van der Waals surface area contributed by atoms with Gasteiger partial charge in [0.1, 0.15) is 0 Å². The van der Waals surface area contributed by atoms with Crippen LogP contribution in [0.25, 0.3) is 0 Å². The predicted octanol–water partition coefficient (Wildman–Crippen LogP) is 1.72. The van der Waals surface area contributed by atoms with Crippen molar-refractivity contribution in [2.75, 3.05) is 13.2 Å². The van der Waals surface area contributed by atoms with Crippen LogP contribution in [0.4, 0.5) is 0 Å². The third-order valence-electron chi connectivity index (χ3n) is 3.34. The summed E-state index contributed by atoms with van der Waals surface area (Å²) in [6, 6.07) is 0. The third kappa shape index (κ3) is 0.824. The monoisotopic (exact) mass is 166 g/mol. The second-order valence-corrected chi connectivity index (χ2v) is 4.08. The largest absolute Gasteiger partial charge is 0.347 e. The molecule has 1 saturated carbocycles. The second-order valence-electron chi connectivity index (χ2n) is 4.08. The molecule has 3 aliphatic rings. The van der Waals surface area contributed by atoms with Gasteiger partial charge in [-0.15, -0.1) is 0 Å². The van der Waals surface area contributed by atoms with Crippen LogP contribution in [-0.2, 0) is 9.47 Å². The molecule has 0 aromatic heterocycles. The Morgan fingerprint density at radius 1 is 1.25 bits per heavy atom. The number of hydrogen-bond donors (Lipinski definition) is 0. The van der Waals surface area contributed by atoms with Gasteiger partial charge < -0.3 is 9.47 Å². The number of fused-ring (bicyclic) bond motifs is 3. The Balaban J connectivity index is 1.92. The smallest absolute Gasteiger partial charge is 0.174 e. The van der Waals surface area contributed by atoms with Gasteiger partial charge in [-0.3, -0.25) is 0 Å². The zero-order valence-corrected chi connectivity index (χ0v) is 7.16. The van der Waals surface area contributed by atoms with E-state index in [1.54, 1.807) is 0 Å². The van der Waals surface area contributed by atoms with Crippen LogP contribution in [0.3, 0.4) is 0 Å². The zero-order valence-electron chi connectivity index (χ0n) is 7.16. The van der Waals surface area contributed by atoms with E-state index >= 15 is 0 Å². The van der Waals surface area contributed by atoms with E-state index in [1.165, 1.54) is 12.8 Å². The topological polar surface area (TPSA) is 18.5 Å². The molecule has 2 unspecified atom stereocenters. The van der Waals surface area contributed by atoms with Gasteiger partial charge in [-0.1, -0.05) is 12.2 Å². The SMILES string of the molecule is C1=CC2CC(C1)CC21OCCO1. The number of rotatable bonds is 0. The van der Waals surface area contributed by atoms with Crippen molar-refractivity contribution in [2.24, 2.45) is 11.8 Å². The normalized spacial score (nSPS) is 42.7. The lowest BCUT2D eigenvalue weighted by atomic mass is 9.95. The Kier molecular flexibility index (Phi) is 1.38. The van der Waals surface area contributed by atoms with Gasteiger partial charge in [0, 0.05) is 12.3 Å². The van der Waals surface area contributed by atoms with Crippen molar-refractivity contribution in [1.82, 2.24) is 0 Å². The summed E-state index contributed by atoms with van der Waals surface area (Å²) in [4.78, 5) is 0. The van der Waals surface area contributed by atoms with Gasteiger partial charge in [0.2, 0.25) is 0 Å². The van der Waals surface area contributed by atoms with E-state index in [9.17, 15) is 0 Å². The highest BCUT2D eigenvalue weighted by Crippen LogP contribution is 2.49. The lowest BCUT2D eigenvalue weighted by Crippen LogP contribution is -2.33. The van der Waals surface area contributed by atoms with E-state index in [0.29, 0.717) is 5.92 Å². The van der Waals surface area contributed by atoms with Gasteiger partial charge in [0.15, 0.2) is 5.79 Å². The molecule has 2 heteroatoms. The first-order valence-electron chi connectivity index (χ1n) is 4.84. The summed E-state index contributed by atoms with van der Waals surface area (Å²) in [6.45, 7) is 1.58. The summed E-state index contributed by atoms with van der Waals surface area (Å²) in [7, 11) is 0. The second kappa shape index (κ2) is 2.33. The molecule has 2 fully saturated rings. The Morgan fingerprint density at radius 2 is 2.08 bits per heavy atom. The van der Waals surface area contributed by atoms with Crippen molar-refractivity contribution in [3.8, 4) is 0 Å². The van der Waals surface area contributed by atoms with Crippen molar-refractivity contribution in [3.05, 3.63) is 12.2 Å². The summed E-state index contributed by atoms with van der Waals surface area (Å²) in [5, 5.41) is 0. The predicted molar refractivity (Wildman–Crippen MR) is 44.6 cm³/mol. The Bertz CT molecular complexity index is 216. The van der Waals surface area contributed by atoms with Gasteiger partial charge in [0.25, 0.3) is 0 Å². The fourth-order valence-corrected chi connectivity index (χ4v) is 2.82. The molecule has 12 heavy (non-hydrogen) atoms. The maximum absolute atomic E-state index is 5.74. The zero-order chi connectivity index (χ0) is 8.02. The van der Waals surface area contributed by atoms with Gasteiger partial charge in [-0.2, -0.15) is 0 Å². The van der Waals surface area contributed by atoms with Crippen molar-refractivity contribution < 1.29 is 9.47 Å². The number of ether oxygens (including phenoxy) is 2. The highest BCUT2D eigenvalue weighted by Gasteiger charge is 2.51. The molecule has 1 aliphatic heterocycles. The van der Waals surface area contributed by atoms with Crippen LogP contribution in [0.5, 0.6) is 0 Å². The van der Waals surface area contributed by atoms with Crippen molar-refractivity contribution >= 4 is 0 Å². The Labute approximate surface area is 72.5 Å². The summed E-state index contributed by atoms with van der Waals surface area (Å²) in [5.74, 6) is 1.16. The van der Waals surface area contributed by atoms with Crippen LogP contribution < -0.4 is 0 Å². The highest BCUT2D eigenvalue weighted by atomic mass is 16.7. The lowest BCUT2D eigenvalue weighted by molar-refractivity contribution is -0.171. The van der Waals surface area contributed by atoms with Crippen LogP contribution in [-0.4, -0.2) is 19.0 Å². The van der Waals surface area contributed by atoms with Gasteiger partial charge >= 0.3 is 0 Å². The summed E-state index contributed by atoms with van der Waals surface area (Å²) >= 11 is 0. The fourth-order valence-electron chi connectivity index (χ4n) is 2.82. The Morgan fingerprint density at radius 3 is 2.83 bits per heavy atom. The molecule has 0 aromatic rings. The molecule has 1 spiro atoms. The molecule has 2 bridgehead atoms.